The van der Waals surface area contributed by atoms with Gasteiger partial charge in [0, 0.05) is 18.7 Å². The van der Waals surface area contributed by atoms with Gasteiger partial charge in [-0.15, -0.1) is 0 Å². The van der Waals surface area contributed by atoms with E-state index < -0.39 is 9.84 Å². The fraction of sp³-hybridized carbons (Fsp3) is 0.462. The number of fused-ring (bicyclic) bond motifs is 1. The van der Waals surface area contributed by atoms with Crippen LogP contribution in [-0.2, 0) is 27.5 Å². The quantitative estimate of drug-likeness (QED) is 0.873. The Bertz CT molecular complexity index is 526. The smallest absolute Gasteiger partial charge is 0.221 e. The molecule has 0 unspecified atom stereocenters. The van der Waals surface area contributed by atoms with Crippen LogP contribution in [0, 0.1) is 0 Å². The van der Waals surface area contributed by atoms with Crippen LogP contribution in [0.3, 0.4) is 0 Å². The van der Waals surface area contributed by atoms with Crippen molar-refractivity contribution in [3.05, 3.63) is 35.4 Å². The largest absolute Gasteiger partial charge is 0.353 e. The third-order valence-electron chi connectivity index (χ3n) is 3.12. The van der Waals surface area contributed by atoms with Crippen LogP contribution in [0.15, 0.2) is 24.3 Å². The van der Waals surface area contributed by atoms with E-state index in [-0.39, 0.29) is 24.1 Å². The molecule has 0 aromatic heterocycles. The van der Waals surface area contributed by atoms with E-state index in [4.69, 9.17) is 0 Å². The van der Waals surface area contributed by atoms with Crippen LogP contribution in [0.25, 0.3) is 0 Å². The minimum absolute atomic E-state index is 0.0473. The first kappa shape index (κ1) is 13.1. The van der Waals surface area contributed by atoms with Gasteiger partial charge in [0.2, 0.25) is 5.91 Å². The molecule has 1 aromatic carbocycles. The van der Waals surface area contributed by atoms with Crippen LogP contribution in [-0.4, -0.2) is 32.4 Å². The van der Waals surface area contributed by atoms with Gasteiger partial charge in [-0.3, -0.25) is 4.79 Å². The lowest BCUT2D eigenvalue weighted by atomic mass is 10.1. The fourth-order valence-corrected chi connectivity index (χ4v) is 2.80. The van der Waals surface area contributed by atoms with E-state index in [1.54, 1.807) is 0 Å². The molecule has 1 N–H and O–H groups in total. The Morgan fingerprint density at radius 1 is 1.28 bits per heavy atom. The number of carbonyl (C=O) groups is 1. The molecule has 4 nitrogen and oxygen atoms in total. The second-order valence-electron chi connectivity index (χ2n) is 4.82. The fourth-order valence-electron chi connectivity index (χ4n) is 2.24. The van der Waals surface area contributed by atoms with Crippen molar-refractivity contribution in [2.45, 2.75) is 25.3 Å². The summed E-state index contributed by atoms with van der Waals surface area (Å²) >= 11 is 0. The molecular weight excluding hydrogens is 250 g/mol. The SMILES string of the molecule is CS(=O)(=O)CCC(=O)NC1Cc2ccccc2C1. The molecule has 0 saturated heterocycles. The first-order valence-corrected chi connectivity index (χ1v) is 8.04. The summed E-state index contributed by atoms with van der Waals surface area (Å²) in [5.74, 6) is -0.267. The molecule has 1 aliphatic rings. The second-order valence-corrected chi connectivity index (χ2v) is 7.08. The number of sulfone groups is 1. The van der Waals surface area contributed by atoms with Gasteiger partial charge in [-0.05, 0) is 24.0 Å². The van der Waals surface area contributed by atoms with Crippen molar-refractivity contribution in [2.24, 2.45) is 0 Å². The number of rotatable bonds is 4. The molecule has 0 saturated carbocycles. The van der Waals surface area contributed by atoms with Gasteiger partial charge in [0.15, 0.2) is 0 Å². The van der Waals surface area contributed by atoms with Gasteiger partial charge >= 0.3 is 0 Å². The molecule has 1 aliphatic carbocycles. The maximum Gasteiger partial charge on any atom is 0.221 e. The number of carbonyl (C=O) groups excluding carboxylic acids is 1. The lowest BCUT2D eigenvalue weighted by molar-refractivity contribution is -0.121. The van der Waals surface area contributed by atoms with Crippen molar-refractivity contribution in [3.8, 4) is 0 Å². The zero-order chi connectivity index (χ0) is 13.2. The zero-order valence-electron chi connectivity index (χ0n) is 10.3. The number of amides is 1. The van der Waals surface area contributed by atoms with Crippen molar-refractivity contribution < 1.29 is 13.2 Å². The van der Waals surface area contributed by atoms with Gasteiger partial charge < -0.3 is 5.32 Å². The molecule has 0 spiro atoms. The Kier molecular flexibility index (Phi) is 3.71. The Balaban J connectivity index is 1.84. The molecule has 1 aromatic rings. The van der Waals surface area contributed by atoms with Gasteiger partial charge in [-0.1, -0.05) is 24.3 Å². The molecular formula is C13H17NO3S. The summed E-state index contributed by atoms with van der Waals surface area (Å²) in [5, 5.41) is 2.90. The first-order valence-electron chi connectivity index (χ1n) is 5.98. The highest BCUT2D eigenvalue weighted by Crippen LogP contribution is 2.21. The van der Waals surface area contributed by atoms with E-state index in [0.717, 1.165) is 19.1 Å². The molecule has 5 heteroatoms. The van der Waals surface area contributed by atoms with Crippen LogP contribution >= 0.6 is 0 Å². The summed E-state index contributed by atoms with van der Waals surface area (Å²) in [6, 6.07) is 8.23. The van der Waals surface area contributed by atoms with Gasteiger partial charge in [-0.25, -0.2) is 8.42 Å². The lowest BCUT2D eigenvalue weighted by Crippen LogP contribution is -2.36. The molecule has 18 heavy (non-hydrogen) atoms. The molecule has 0 aliphatic heterocycles. The minimum atomic E-state index is -3.07. The van der Waals surface area contributed by atoms with Crippen LogP contribution < -0.4 is 5.32 Å². The third kappa shape index (κ3) is 3.57. The molecule has 0 radical (unpaired) electrons. The summed E-state index contributed by atoms with van der Waals surface area (Å²) in [6.45, 7) is 0. The van der Waals surface area contributed by atoms with Crippen molar-refractivity contribution >= 4 is 15.7 Å². The molecule has 0 fully saturated rings. The highest BCUT2D eigenvalue weighted by Gasteiger charge is 2.22. The summed E-state index contributed by atoms with van der Waals surface area (Å²) in [5.41, 5.74) is 2.54. The number of hydrogen-bond acceptors (Lipinski definition) is 3. The zero-order valence-corrected chi connectivity index (χ0v) is 11.2. The Morgan fingerprint density at radius 3 is 2.33 bits per heavy atom. The monoisotopic (exact) mass is 267 g/mol. The third-order valence-corrected chi connectivity index (χ3v) is 4.06. The molecule has 0 atom stereocenters. The van der Waals surface area contributed by atoms with Gasteiger partial charge in [0.1, 0.15) is 9.84 Å². The van der Waals surface area contributed by atoms with Crippen molar-refractivity contribution in [3.63, 3.8) is 0 Å². The number of benzene rings is 1. The summed E-state index contributed by atoms with van der Waals surface area (Å²) in [4.78, 5) is 11.6. The number of hydrogen-bond donors (Lipinski definition) is 1. The predicted octanol–water partition coefficient (Wildman–Crippen LogP) is 0.705. The molecule has 2 rings (SSSR count). The van der Waals surface area contributed by atoms with Crippen LogP contribution in [0.5, 0.6) is 0 Å². The van der Waals surface area contributed by atoms with Crippen LogP contribution in [0.2, 0.25) is 0 Å². The number of nitrogens with one attached hydrogen (secondary N) is 1. The van der Waals surface area contributed by atoms with Crippen molar-refractivity contribution in [1.82, 2.24) is 5.32 Å². The molecule has 0 heterocycles. The molecule has 0 bridgehead atoms. The Labute approximate surface area is 107 Å². The van der Waals surface area contributed by atoms with E-state index in [9.17, 15) is 13.2 Å². The first-order chi connectivity index (χ1) is 8.44. The molecule has 98 valence electrons. The highest BCUT2D eigenvalue weighted by atomic mass is 32.2. The van der Waals surface area contributed by atoms with E-state index in [1.165, 1.54) is 11.1 Å². The average Bonchev–Trinajstić information content (AvgIpc) is 2.67. The van der Waals surface area contributed by atoms with E-state index in [0.29, 0.717) is 0 Å². The van der Waals surface area contributed by atoms with Crippen LogP contribution in [0.4, 0.5) is 0 Å². The summed E-state index contributed by atoms with van der Waals surface area (Å²) in [6.07, 6.45) is 2.86. The van der Waals surface area contributed by atoms with E-state index >= 15 is 0 Å². The topological polar surface area (TPSA) is 63.2 Å². The van der Waals surface area contributed by atoms with Crippen LogP contribution in [0.1, 0.15) is 17.5 Å². The average molecular weight is 267 g/mol. The van der Waals surface area contributed by atoms with E-state index in [2.05, 4.69) is 17.4 Å². The standard InChI is InChI=1S/C13H17NO3S/c1-18(16,17)7-6-13(15)14-12-8-10-4-2-3-5-11(10)9-12/h2-5,12H,6-9H2,1H3,(H,14,15). The predicted molar refractivity (Wildman–Crippen MR) is 70.1 cm³/mol. The lowest BCUT2D eigenvalue weighted by Gasteiger charge is -2.11. The van der Waals surface area contributed by atoms with Gasteiger partial charge in [-0.2, -0.15) is 0 Å². The van der Waals surface area contributed by atoms with E-state index in [1.807, 2.05) is 12.1 Å². The maximum atomic E-state index is 11.6. The second kappa shape index (κ2) is 5.10. The van der Waals surface area contributed by atoms with Crippen molar-refractivity contribution in [1.29, 1.82) is 0 Å². The van der Waals surface area contributed by atoms with Gasteiger partial charge in [0.05, 0.1) is 5.75 Å². The minimum Gasteiger partial charge on any atom is -0.353 e. The summed E-state index contributed by atoms with van der Waals surface area (Å²) < 4.78 is 21.9. The Morgan fingerprint density at radius 2 is 1.83 bits per heavy atom. The van der Waals surface area contributed by atoms with Crippen molar-refractivity contribution in [2.75, 3.05) is 12.0 Å². The van der Waals surface area contributed by atoms with Gasteiger partial charge in [0.25, 0.3) is 0 Å². The normalized spacial score (nSPS) is 15.4. The Hall–Kier alpha value is -1.36. The highest BCUT2D eigenvalue weighted by molar-refractivity contribution is 7.90. The maximum absolute atomic E-state index is 11.6. The summed E-state index contributed by atoms with van der Waals surface area (Å²) in [7, 11) is -3.07. The molecule has 1 amide bonds.